The maximum absolute atomic E-state index is 11.5. The average molecular weight is 250 g/mol. The van der Waals surface area contributed by atoms with Crippen LogP contribution in [0.2, 0.25) is 0 Å². The third-order valence-corrected chi connectivity index (χ3v) is 4.05. The molecule has 0 atom stereocenters. The Morgan fingerprint density at radius 1 is 1.41 bits per heavy atom. The van der Waals surface area contributed by atoms with Gasteiger partial charge in [0.15, 0.2) is 0 Å². The third kappa shape index (κ3) is 2.88. The first-order valence-electron chi connectivity index (χ1n) is 5.69. The number of carboxylic acid groups (broad SMARTS) is 1. The highest BCUT2D eigenvalue weighted by molar-refractivity contribution is 8.00. The van der Waals surface area contributed by atoms with E-state index in [0.717, 1.165) is 10.5 Å². The first-order valence-corrected chi connectivity index (χ1v) is 6.57. The summed E-state index contributed by atoms with van der Waals surface area (Å²) in [6.45, 7) is 1.93. The van der Waals surface area contributed by atoms with Gasteiger partial charge >= 0.3 is 5.97 Å². The quantitative estimate of drug-likeness (QED) is 0.645. The standard InChI is InChI=1S/C13H14O3S/c1-2-8-7-10(17-9-3-4-9)5-6-11(8)12(14)13(15)16/h5-7,9H,2-4H2,1H3,(H,15,16). The van der Waals surface area contributed by atoms with Crippen molar-refractivity contribution in [1.29, 1.82) is 0 Å². The Morgan fingerprint density at radius 3 is 2.65 bits per heavy atom. The number of aliphatic carboxylic acids is 1. The lowest BCUT2D eigenvalue weighted by molar-refractivity contribution is -0.131. The fourth-order valence-corrected chi connectivity index (χ4v) is 2.76. The summed E-state index contributed by atoms with van der Waals surface area (Å²) >= 11 is 1.81. The highest BCUT2D eigenvalue weighted by Crippen LogP contribution is 2.39. The molecule has 0 spiro atoms. The first-order chi connectivity index (χ1) is 8.11. The van der Waals surface area contributed by atoms with Crippen molar-refractivity contribution in [3.63, 3.8) is 0 Å². The number of Topliss-reactive ketones (excluding diaryl/α,β-unsaturated/α-hetero) is 1. The summed E-state index contributed by atoms with van der Waals surface area (Å²) in [7, 11) is 0. The number of thioether (sulfide) groups is 1. The molecule has 2 rings (SSSR count). The number of aryl methyl sites for hydroxylation is 1. The number of rotatable bonds is 5. The number of ketones is 1. The van der Waals surface area contributed by atoms with Crippen molar-refractivity contribution in [2.24, 2.45) is 0 Å². The molecule has 90 valence electrons. The Labute approximate surface area is 104 Å². The summed E-state index contributed by atoms with van der Waals surface area (Å²) in [6.07, 6.45) is 3.18. The summed E-state index contributed by atoms with van der Waals surface area (Å²) in [5.41, 5.74) is 1.14. The van der Waals surface area contributed by atoms with Crippen LogP contribution < -0.4 is 0 Å². The highest BCUT2D eigenvalue weighted by atomic mass is 32.2. The van der Waals surface area contributed by atoms with E-state index in [0.29, 0.717) is 17.2 Å². The molecule has 0 unspecified atom stereocenters. The van der Waals surface area contributed by atoms with E-state index in [4.69, 9.17) is 5.11 Å². The van der Waals surface area contributed by atoms with Crippen molar-refractivity contribution in [1.82, 2.24) is 0 Å². The molecule has 0 bridgehead atoms. The lowest BCUT2D eigenvalue weighted by atomic mass is 10.0. The van der Waals surface area contributed by atoms with Gasteiger partial charge in [-0.1, -0.05) is 6.92 Å². The second kappa shape index (κ2) is 4.92. The van der Waals surface area contributed by atoms with Crippen LogP contribution in [0.1, 0.15) is 35.7 Å². The summed E-state index contributed by atoms with van der Waals surface area (Å²) in [5, 5.41) is 9.43. The topological polar surface area (TPSA) is 54.4 Å². The van der Waals surface area contributed by atoms with Gasteiger partial charge in [0.25, 0.3) is 5.78 Å². The minimum Gasteiger partial charge on any atom is -0.475 e. The van der Waals surface area contributed by atoms with E-state index >= 15 is 0 Å². The molecule has 0 amide bonds. The van der Waals surface area contributed by atoms with Gasteiger partial charge in [0.1, 0.15) is 0 Å². The van der Waals surface area contributed by atoms with E-state index in [1.807, 2.05) is 30.8 Å². The third-order valence-electron chi connectivity index (χ3n) is 2.72. The molecule has 3 nitrogen and oxygen atoms in total. The molecule has 4 heteroatoms. The summed E-state index contributed by atoms with van der Waals surface area (Å²) in [6, 6.07) is 5.43. The van der Waals surface area contributed by atoms with Gasteiger partial charge in [-0.3, -0.25) is 4.79 Å². The van der Waals surface area contributed by atoms with E-state index in [1.165, 1.54) is 12.8 Å². The minimum absolute atomic E-state index is 0.320. The number of carbonyl (C=O) groups excluding carboxylic acids is 1. The van der Waals surface area contributed by atoms with E-state index < -0.39 is 11.8 Å². The molecule has 1 saturated carbocycles. The SMILES string of the molecule is CCc1cc(SC2CC2)ccc1C(=O)C(=O)O. The molecular formula is C13H14O3S. The van der Waals surface area contributed by atoms with E-state index in [2.05, 4.69) is 0 Å². The smallest absolute Gasteiger partial charge is 0.377 e. The number of benzene rings is 1. The average Bonchev–Trinajstić information content (AvgIpc) is 3.11. The van der Waals surface area contributed by atoms with E-state index in [9.17, 15) is 9.59 Å². The molecule has 17 heavy (non-hydrogen) atoms. The van der Waals surface area contributed by atoms with Crippen LogP contribution in [0.15, 0.2) is 23.1 Å². The lowest BCUT2D eigenvalue weighted by Gasteiger charge is -2.07. The summed E-state index contributed by atoms with van der Waals surface area (Å²) in [4.78, 5) is 23.3. The minimum atomic E-state index is -1.39. The predicted molar refractivity (Wildman–Crippen MR) is 66.7 cm³/mol. The molecule has 1 fully saturated rings. The van der Waals surface area contributed by atoms with Crippen molar-refractivity contribution in [3.05, 3.63) is 29.3 Å². The largest absolute Gasteiger partial charge is 0.475 e. The molecule has 1 aliphatic rings. The lowest BCUT2D eigenvalue weighted by Crippen LogP contribution is -2.14. The molecular weight excluding hydrogens is 236 g/mol. The molecule has 0 saturated heterocycles. The maximum Gasteiger partial charge on any atom is 0.377 e. The molecule has 0 radical (unpaired) electrons. The van der Waals surface area contributed by atoms with Gasteiger partial charge in [-0.2, -0.15) is 0 Å². The number of hydrogen-bond acceptors (Lipinski definition) is 3. The van der Waals surface area contributed by atoms with Gasteiger partial charge < -0.3 is 5.11 Å². The molecule has 1 N–H and O–H groups in total. The second-order valence-corrected chi connectivity index (χ2v) is 5.50. The molecule has 0 heterocycles. The zero-order valence-corrected chi connectivity index (χ0v) is 10.4. The molecule has 0 aliphatic heterocycles. The van der Waals surface area contributed by atoms with Crippen LogP contribution in [0.4, 0.5) is 0 Å². The zero-order chi connectivity index (χ0) is 12.4. The Bertz CT molecular complexity index is 464. The van der Waals surface area contributed by atoms with Crippen molar-refractivity contribution in [2.75, 3.05) is 0 Å². The molecule has 1 aliphatic carbocycles. The van der Waals surface area contributed by atoms with Gasteiger partial charge in [0.05, 0.1) is 0 Å². The molecule has 0 aromatic heterocycles. The van der Waals surface area contributed by atoms with Gasteiger partial charge in [-0.05, 0) is 43.0 Å². The van der Waals surface area contributed by atoms with E-state index in [-0.39, 0.29) is 0 Å². The Morgan fingerprint density at radius 2 is 2.12 bits per heavy atom. The van der Waals surface area contributed by atoms with Crippen LogP contribution >= 0.6 is 11.8 Å². The van der Waals surface area contributed by atoms with Crippen molar-refractivity contribution in [2.45, 2.75) is 36.3 Å². The Hall–Kier alpha value is -1.29. The predicted octanol–water partition coefficient (Wildman–Crippen LogP) is 2.77. The Balaban J connectivity index is 2.26. The zero-order valence-electron chi connectivity index (χ0n) is 9.60. The second-order valence-electron chi connectivity index (χ2n) is 4.12. The highest BCUT2D eigenvalue weighted by Gasteiger charge is 2.23. The fraction of sp³-hybridized carbons (Fsp3) is 0.385. The van der Waals surface area contributed by atoms with Crippen LogP contribution in [0.25, 0.3) is 0 Å². The van der Waals surface area contributed by atoms with Crippen molar-refractivity contribution in [3.8, 4) is 0 Å². The first kappa shape index (κ1) is 12.2. The fourth-order valence-electron chi connectivity index (χ4n) is 1.65. The Kier molecular flexibility index (Phi) is 3.52. The van der Waals surface area contributed by atoms with Crippen LogP contribution in [0.5, 0.6) is 0 Å². The molecule has 1 aromatic rings. The summed E-state index contributed by atoms with van der Waals surface area (Å²) in [5.74, 6) is -2.20. The van der Waals surface area contributed by atoms with Gasteiger partial charge in [0.2, 0.25) is 0 Å². The number of carboxylic acids is 1. The van der Waals surface area contributed by atoms with Crippen LogP contribution in [0.3, 0.4) is 0 Å². The van der Waals surface area contributed by atoms with Crippen LogP contribution in [-0.4, -0.2) is 22.1 Å². The number of carbonyl (C=O) groups is 2. The molecule has 1 aromatic carbocycles. The summed E-state index contributed by atoms with van der Waals surface area (Å²) < 4.78 is 0. The normalized spacial score (nSPS) is 14.6. The van der Waals surface area contributed by atoms with E-state index in [1.54, 1.807) is 6.07 Å². The maximum atomic E-state index is 11.5. The van der Waals surface area contributed by atoms with Gasteiger partial charge in [-0.25, -0.2) is 4.79 Å². The van der Waals surface area contributed by atoms with Crippen LogP contribution in [-0.2, 0) is 11.2 Å². The van der Waals surface area contributed by atoms with Gasteiger partial charge in [0, 0.05) is 15.7 Å². The number of hydrogen-bond donors (Lipinski definition) is 1. The van der Waals surface area contributed by atoms with Gasteiger partial charge in [-0.15, -0.1) is 11.8 Å². The van der Waals surface area contributed by atoms with Crippen LogP contribution in [0, 0.1) is 0 Å². The van der Waals surface area contributed by atoms with Crippen molar-refractivity contribution < 1.29 is 14.7 Å². The monoisotopic (exact) mass is 250 g/mol. The van der Waals surface area contributed by atoms with Crippen molar-refractivity contribution >= 4 is 23.5 Å².